The Morgan fingerprint density at radius 3 is 2.41 bits per heavy atom. The van der Waals surface area contributed by atoms with Gasteiger partial charge in [0.25, 0.3) is 0 Å². The zero-order valence-corrected chi connectivity index (χ0v) is 23.1. The first-order chi connectivity index (χ1) is 19.0. The third kappa shape index (κ3) is 7.78. The fraction of sp³-hybridized carbons (Fsp3) is 0.357. The zero-order valence-electron chi connectivity index (χ0n) is 22.3. The van der Waals surface area contributed by atoms with Gasteiger partial charge in [0.15, 0.2) is 11.5 Å². The van der Waals surface area contributed by atoms with Crippen molar-refractivity contribution in [2.45, 2.75) is 19.5 Å². The predicted octanol–water partition coefficient (Wildman–Crippen LogP) is 4.59. The van der Waals surface area contributed by atoms with E-state index in [9.17, 15) is 9.59 Å². The van der Waals surface area contributed by atoms with Gasteiger partial charge in [-0.05, 0) is 35.6 Å². The highest BCUT2D eigenvalue weighted by molar-refractivity contribution is 7.09. The molecular formula is C28H33N3O7S. The molecule has 2 heterocycles. The Kier molecular flexibility index (Phi) is 9.87. The van der Waals surface area contributed by atoms with Crippen LogP contribution in [0.15, 0.2) is 53.9 Å². The monoisotopic (exact) mass is 555 g/mol. The van der Waals surface area contributed by atoms with Crippen LogP contribution in [0.1, 0.15) is 16.9 Å². The molecule has 0 radical (unpaired) electrons. The zero-order chi connectivity index (χ0) is 27.6. The van der Waals surface area contributed by atoms with Gasteiger partial charge in [-0.25, -0.2) is 4.79 Å². The maximum absolute atomic E-state index is 13.7. The van der Waals surface area contributed by atoms with Crippen LogP contribution in [0.3, 0.4) is 0 Å². The van der Waals surface area contributed by atoms with Gasteiger partial charge in [-0.15, -0.1) is 11.3 Å². The number of amides is 3. The number of fused-ring (bicyclic) bond motifs is 1. The molecule has 0 fully saturated rings. The molecule has 0 spiro atoms. The smallest absolute Gasteiger partial charge is 0.322 e. The van der Waals surface area contributed by atoms with E-state index in [0.717, 1.165) is 10.4 Å². The number of ether oxygens (including phenoxy) is 5. The van der Waals surface area contributed by atoms with E-state index >= 15 is 0 Å². The summed E-state index contributed by atoms with van der Waals surface area (Å²) in [5, 5.41) is 4.85. The van der Waals surface area contributed by atoms with Gasteiger partial charge in [0.1, 0.15) is 18.0 Å². The highest BCUT2D eigenvalue weighted by Crippen LogP contribution is 2.33. The number of nitrogens with zero attached hydrogens (tertiary/aromatic N) is 2. The number of hydrogen-bond acceptors (Lipinski definition) is 8. The highest BCUT2D eigenvalue weighted by Gasteiger charge is 2.23. The Hall–Kier alpha value is -3.96. The van der Waals surface area contributed by atoms with Crippen molar-refractivity contribution in [2.75, 3.05) is 53.1 Å². The number of hydrogen-bond donors (Lipinski definition) is 1. The van der Waals surface area contributed by atoms with Gasteiger partial charge >= 0.3 is 6.03 Å². The molecule has 208 valence electrons. The second-order valence-electron chi connectivity index (χ2n) is 8.82. The first-order valence-electron chi connectivity index (χ1n) is 12.5. The van der Waals surface area contributed by atoms with Crippen molar-refractivity contribution in [1.82, 2.24) is 9.80 Å². The van der Waals surface area contributed by atoms with Gasteiger partial charge < -0.3 is 38.8 Å². The van der Waals surface area contributed by atoms with Crippen molar-refractivity contribution in [3.63, 3.8) is 0 Å². The summed E-state index contributed by atoms with van der Waals surface area (Å²) in [6, 6.07) is 14.3. The molecular weight excluding hydrogens is 522 g/mol. The fourth-order valence-electron chi connectivity index (χ4n) is 4.08. The third-order valence-corrected chi connectivity index (χ3v) is 6.94. The molecule has 0 atom stereocenters. The lowest BCUT2D eigenvalue weighted by molar-refractivity contribution is -0.133. The number of carbonyl (C=O) groups excluding carboxylic acids is 2. The van der Waals surface area contributed by atoms with Gasteiger partial charge in [-0.2, -0.15) is 0 Å². The second kappa shape index (κ2) is 13.7. The first kappa shape index (κ1) is 28.1. The van der Waals surface area contributed by atoms with Crippen molar-refractivity contribution in [1.29, 1.82) is 0 Å². The molecule has 0 saturated carbocycles. The van der Waals surface area contributed by atoms with Crippen LogP contribution in [-0.2, 0) is 22.6 Å². The van der Waals surface area contributed by atoms with E-state index in [1.54, 1.807) is 55.8 Å². The maximum Gasteiger partial charge on any atom is 0.322 e. The van der Waals surface area contributed by atoms with Crippen LogP contribution in [0.25, 0.3) is 0 Å². The highest BCUT2D eigenvalue weighted by atomic mass is 32.1. The molecule has 1 aromatic heterocycles. The summed E-state index contributed by atoms with van der Waals surface area (Å²) in [5.41, 5.74) is 1.40. The standard InChI is InChI=1S/C28H33N3O7S/c1-34-10-5-9-30(28(33)29-21-13-22(35-2)15-23(14-21)36-3)18-27(32)31(17-24-6-4-11-39-24)16-20-7-8-25-26(12-20)38-19-37-25/h4,6-8,11-15H,5,9-10,16-19H2,1-3H3,(H,29,33). The van der Waals surface area contributed by atoms with Gasteiger partial charge in [-0.1, -0.05) is 12.1 Å². The molecule has 10 nitrogen and oxygen atoms in total. The topological polar surface area (TPSA) is 98.8 Å². The van der Waals surface area contributed by atoms with Crippen molar-refractivity contribution >= 4 is 29.0 Å². The molecule has 39 heavy (non-hydrogen) atoms. The summed E-state index contributed by atoms with van der Waals surface area (Å²) in [6.45, 7) is 1.65. The number of rotatable bonds is 13. The summed E-state index contributed by atoms with van der Waals surface area (Å²) >= 11 is 1.58. The number of benzene rings is 2. The van der Waals surface area contributed by atoms with E-state index in [1.807, 2.05) is 35.7 Å². The molecule has 0 aliphatic carbocycles. The molecule has 0 bridgehead atoms. The van der Waals surface area contributed by atoms with Gasteiger partial charge in [0.05, 0.1) is 20.8 Å². The van der Waals surface area contributed by atoms with E-state index in [0.29, 0.717) is 61.3 Å². The van der Waals surface area contributed by atoms with Crippen LogP contribution >= 0.6 is 11.3 Å². The largest absolute Gasteiger partial charge is 0.497 e. The van der Waals surface area contributed by atoms with Gasteiger partial charge in [0, 0.05) is 55.6 Å². The van der Waals surface area contributed by atoms with Crippen LogP contribution in [0.4, 0.5) is 10.5 Å². The molecule has 1 N–H and O–H groups in total. The quantitative estimate of drug-likeness (QED) is 0.308. The van der Waals surface area contributed by atoms with E-state index < -0.39 is 6.03 Å². The summed E-state index contributed by atoms with van der Waals surface area (Å²) < 4.78 is 26.7. The summed E-state index contributed by atoms with van der Waals surface area (Å²) in [5.74, 6) is 2.24. The van der Waals surface area contributed by atoms with Crippen LogP contribution in [0.2, 0.25) is 0 Å². The first-order valence-corrected chi connectivity index (χ1v) is 13.3. The third-order valence-electron chi connectivity index (χ3n) is 6.08. The summed E-state index contributed by atoms with van der Waals surface area (Å²) in [7, 11) is 4.68. The van der Waals surface area contributed by atoms with Crippen molar-refractivity contribution in [3.8, 4) is 23.0 Å². The second-order valence-corrected chi connectivity index (χ2v) is 9.85. The van der Waals surface area contributed by atoms with E-state index in [4.69, 9.17) is 23.7 Å². The SMILES string of the molecule is COCCCN(CC(=O)N(Cc1ccc2c(c1)OCO2)Cc1cccs1)C(=O)Nc1cc(OC)cc(OC)c1. The molecule has 3 amide bonds. The van der Waals surface area contributed by atoms with Crippen LogP contribution in [-0.4, -0.2) is 69.6 Å². The minimum atomic E-state index is -0.408. The lowest BCUT2D eigenvalue weighted by atomic mass is 10.2. The Labute approximate surface area is 232 Å². The minimum absolute atomic E-state index is 0.105. The van der Waals surface area contributed by atoms with Crippen molar-refractivity contribution in [3.05, 3.63) is 64.4 Å². The number of anilines is 1. The molecule has 0 saturated heterocycles. The number of urea groups is 1. The van der Waals surface area contributed by atoms with Crippen molar-refractivity contribution in [2.24, 2.45) is 0 Å². The lowest BCUT2D eigenvalue weighted by Gasteiger charge is -2.28. The predicted molar refractivity (Wildman–Crippen MR) is 148 cm³/mol. The van der Waals surface area contributed by atoms with E-state index in [2.05, 4.69) is 5.32 Å². The van der Waals surface area contributed by atoms with Crippen LogP contribution in [0.5, 0.6) is 23.0 Å². The number of thiophene rings is 1. The summed E-state index contributed by atoms with van der Waals surface area (Å²) in [6.07, 6.45) is 0.575. The number of carbonyl (C=O) groups is 2. The average Bonchev–Trinajstić information content (AvgIpc) is 3.63. The molecule has 3 aromatic rings. The Bertz CT molecular complexity index is 1230. The average molecular weight is 556 g/mol. The number of nitrogens with one attached hydrogen (secondary N) is 1. The van der Waals surface area contributed by atoms with Gasteiger partial charge in [-0.3, -0.25) is 4.79 Å². The molecule has 1 aliphatic heterocycles. The normalized spacial score (nSPS) is 11.7. The molecule has 1 aliphatic rings. The van der Waals surface area contributed by atoms with Crippen LogP contribution in [0, 0.1) is 0 Å². The molecule has 0 unspecified atom stereocenters. The van der Waals surface area contributed by atoms with E-state index in [-0.39, 0.29) is 19.2 Å². The fourth-order valence-corrected chi connectivity index (χ4v) is 4.80. The molecule has 2 aromatic carbocycles. The Morgan fingerprint density at radius 2 is 1.72 bits per heavy atom. The lowest BCUT2D eigenvalue weighted by Crippen LogP contribution is -2.44. The molecule has 11 heteroatoms. The maximum atomic E-state index is 13.7. The minimum Gasteiger partial charge on any atom is -0.497 e. The summed E-state index contributed by atoms with van der Waals surface area (Å²) in [4.78, 5) is 31.3. The van der Waals surface area contributed by atoms with Crippen LogP contribution < -0.4 is 24.3 Å². The Morgan fingerprint density at radius 1 is 0.949 bits per heavy atom. The Balaban J connectivity index is 1.51. The van der Waals surface area contributed by atoms with Crippen molar-refractivity contribution < 1.29 is 33.3 Å². The van der Waals surface area contributed by atoms with Gasteiger partial charge in [0.2, 0.25) is 12.7 Å². The van der Waals surface area contributed by atoms with E-state index in [1.165, 1.54) is 4.90 Å². The number of methoxy groups -OCH3 is 3. The molecule has 4 rings (SSSR count).